The van der Waals surface area contributed by atoms with Crippen molar-refractivity contribution in [1.82, 2.24) is 5.32 Å². The summed E-state index contributed by atoms with van der Waals surface area (Å²) in [7, 11) is 1.79. The summed E-state index contributed by atoms with van der Waals surface area (Å²) in [5.41, 5.74) is 0.838. The number of furan rings is 1. The predicted molar refractivity (Wildman–Crippen MR) is 38.4 cm³/mol. The number of carbonyl (C=O) groups is 1. The van der Waals surface area contributed by atoms with Gasteiger partial charge in [0.05, 0.1) is 6.26 Å². The molecule has 0 aromatic carbocycles. The monoisotopic (exact) mass is 155 g/mol. The standard InChI is InChI=1S/C7H9NO3/c1-8-3-5-2-6(7(9)10)11-4-5/h2,4,8H,3H2,1H3,(H,9,10). The van der Waals surface area contributed by atoms with E-state index in [9.17, 15) is 4.79 Å². The van der Waals surface area contributed by atoms with Gasteiger partial charge < -0.3 is 14.8 Å². The third-order valence-corrected chi connectivity index (χ3v) is 1.25. The van der Waals surface area contributed by atoms with Crippen LogP contribution in [0.2, 0.25) is 0 Å². The number of carboxylic acids is 1. The van der Waals surface area contributed by atoms with Crippen LogP contribution in [0, 0.1) is 0 Å². The number of rotatable bonds is 3. The van der Waals surface area contributed by atoms with Crippen LogP contribution in [0.15, 0.2) is 16.7 Å². The summed E-state index contributed by atoms with van der Waals surface area (Å²) in [6.07, 6.45) is 1.43. The molecule has 11 heavy (non-hydrogen) atoms. The highest BCUT2D eigenvalue weighted by Gasteiger charge is 2.07. The van der Waals surface area contributed by atoms with Crippen LogP contribution in [0.4, 0.5) is 0 Å². The fraction of sp³-hybridized carbons (Fsp3) is 0.286. The Labute approximate surface area is 63.8 Å². The van der Waals surface area contributed by atoms with Crippen molar-refractivity contribution in [3.8, 4) is 0 Å². The van der Waals surface area contributed by atoms with Crippen LogP contribution in [0.25, 0.3) is 0 Å². The van der Waals surface area contributed by atoms with Gasteiger partial charge in [0.2, 0.25) is 5.76 Å². The first-order chi connectivity index (χ1) is 5.24. The molecule has 0 fully saturated rings. The van der Waals surface area contributed by atoms with Gasteiger partial charge in [-0.05, 0) is 13.1 Å². The van der Waals surface area contributed by atoms with E-state index in [1.165, 1.54) is 12.3 Å². The van der Waals surface area contributed by atoms with Crippen LogP contribution < -0.4 is 5.32 Å². The van der Waals surface area contributed by atoms with E-state index in [-0.39, 0.29) is 5.76 Å². The molecule has 60 valence electrons. The maximum atomic E-state index is 10.3. The topological polar surface area (TPSA) is 62.5 Å². The SMILES string of the molecule is CNCc1coc(C(=O)O)c1. The third kappa shape index (κ3) is 1.81. The smallest absolute Gasteiger partial charge is 0.371 e. The van der Waals surface area contributed by atoms with Gasteiger partial charge in [-0.1, -0.05) is 0 Å². The average molecular weight is 155 g/mol. The summed E-state index contributed by atoms with van der Waals surface area (Å²) in [4.78, 5) is 10.3. The molecule has 1 aromatic heterocycles. The van der Waals surface area contributed by atoms with E-state index in [1.54, 1.807) is 7.05 Å². The van der Waals surface area contributed by atoms with Gasteiger partial charge in [0.15, 0.2) is 0 Å². The van der Waals surface area contributed by atoms with Crippen LogP contribution in [0.3, 0.4) is 0 Å². The molecule has 4 nitrogen and oxygen atoms in total. The van der Waals surface area contributed by atoms with Crippen LogP contribution in [0.1, 0.15) is 16.1 Å². The number of aromatic carboxylic acids is 1. The molecule has 4 heteroatoms. The number of hydrogen-bond acceptors (Lipinski definition) is 3. The number of hydrogen-bond donors (Lipinski definition) is 2. The summed E-state index contributed by atoms with van der Waals surface area (Å²) < 4.78 is 4.74. The highest BCUT2D eigenvalue weighted by atomic mass is 16.4. The fourth-order valence-electron chi connectivity index (χ4n) is 0.785. The molecule has 0 radical (unpaired) electrons. The lowest BCUT2D eigenvalue weighted by molar-refractivity contribution is 0.0662. The Kier molecular flexibility index (Phi) is 2.28. The summed E-state index contributed by atoms with van der Waals surface area (Å²) >= 11 is 0. The molecule has 0 saturated heterocycles. The largest absolute Gasteiger partial charge is 0.475 e. The van der Waals surface area contributed by atoms with Crippen molar-refractivity contribution >= 4 is 5.97 Å². The Morgan fingerprint density at radius 1 is 1.82 bits per heavy atom. The first-order valence-corrected chi connectivity index (χ1v) is 3.19. The van der Waals surface area contributed by atoms with E-state index >= 15 is 0 Å². The van der Waals surface area contributed by atoms with Crippen molar-refractivity contribution in [3.05, 3.63) is 23.7 Å². The molecular formula is C7H9NO3. The van der Waals surface area contributed by atoms with Gasteiger partial charge in [-0.3, -0.25) is 0 Å². The molecule has 0 saturated carbocycles. The van der Waals surface area contributed by atoms with Crippen molar-refractivity contribution in [2.75, 3.05) is 7.05 Å². The second-order valence-electron chi connectivity index (χ2n) is 2.15. The van der Waals surface area contributed by atoms with Crippen LogP contribution in [-0.2, 0) is 6.54 Å². The Morgan fingerprint density at radius 2 is 2.55 bits per heavy atom. The molecule has 0 aliphatic rings. The third-order valence-electron chi connectivity index (χ3n) is 1.25. The lowest BCUT2D eigenvalue weighted by atomic mass is 10.3. The van der Waals surface area contributed by atoms with E-state index in [1.807, 2.05) is 0 Å². The van der Waals surface area contributed by atoms with Gasteiger partial charge >= 0.3 is 5.97 Å². The first-order valence-electron chi connectivity index (χ1n) is 3.19. The maximum absolute atomic E-state index is 10.3. The van der Waals surface area contributed by atoms with Gasteiger partial charge in [-0.25, -0.2) is 4.79 Å². The lowest BCUT2D eigenvalue weighted by Crippen LogP contribution is -2.03. The number of nitrogens with one attached hydrogen (secondary N) is 1. The minimum Gasteiger partial charge on any atom is -0.475 e. The van der Waals surface area contributed by atoms with E-state index in [0.717, 1.165) is 5.56 Å². The quantitative estimate of drug-likeness (QED) is 0.674. The van der Waals surface area contributed by atoms with Gasteiger partial charge in [-0.2, -0.15) is 0 Å². The van der Waals surface area contributed by atoms with E-state index < -0.39 is 5.97 Å². The second kappa shape index (κ2) is 3.21. The lowest BCUT2D eigenvalue weighted by Gasteiger charge is -1.88. The molecule has 0 atom stereocenters. The van der Waals surface area contributed by atoms with Crippen LogP contribution >= 0.6 is 0 Å². The zero-order valence-corrected chi connectivity index (χ0v) is 6.13. The molecule has 1 rings (SSSR count). The molecule has 0 aliphatic carbocycles. The van der Waals surface area contributed by atoms with Gasteiger partial charge in [0.1, 0.15) is 0 Å². The van der Waals surface area contributed by atoms with Gasteiger partial charge in [0, 0.05) is 12.1 Å². The molecule has 2 N–H and O–H groups in total. The molecule has 1 heterocycles. The van der Waals surface area contributed by atoms with Crippen LogP contribution in [0.5, 0.6) is 0 Å². The zero-order chi connectivity index (χ0) is 8.27. The second-order valence-corrected chi connectivity index (χ2v) is 2.15. The Morgan fingerprint density at radius 3 is 3.00 bits per heavy atom. The fourth-order valence-corrected chi connectivity index (χ4v) is 0.785. The Hall–Kier alpha value is -1.29. The highest BCUT2D eigenvalue weighted by Crippen LogP contribution is 2.06. The molecule has 0 amide bonds. The minimum absolute atomic E-state index is 0.0183. The molecule has 0 spiro atoms. The molecular weight excluding hydrogens is 146 g/mol. The minimum atomic E-state index is -1.03. The summed E-state index contributed by atoms with van der Waals surface area (Å²) in [5.74, 6) is -1.05. The average Bonchev–Trinajstić information content (AvgIpc) is 2.37. The zero-order valence-electron chi connectivity index (χ0n) is 6.13. The van der Waals surface area contributed by atoms with Gasteiger partial charge in [0.25, 0.3) is 0 Å². The summed E-state index contributed by atoms with van der Waals surface area (Å²) in [6.45, 7) is 0.622. The summed E-state index contributed by atoms with van der Waals surface area (Å²) in [5, 5.41) is 11.3. The Balaban J connectivity index is 2.73. The van der Waals surface area contributed by atoms with Crippen LogP contribution in [-0.4, -0.2) is 18.1 Å². The van der Waals surface area contributed by atoms with E-state index in [0.29, 0.717) is 6.54 Å². The summed E-state index contributed by atoms with van der Waals surface area (Å²) in [6, 6.07) is 1.50. The van der Waals surface area contributed by atoms with Crippen molar-refractivity contribution < 1.29 is 14.3 Å². The number of carboxylic acid groups (broad SMARTS) is 1. The maximum Gasteiger partial charge on any atom is 0.371 e. The van der Waals surface area contributed by atoms with E-state index in [2.05, 4.69) is 5.32 Å². The van der Waals surface area contributed by atoms with Crippen molar-refractivity contribution in [2.24, 2.45) is 0 Å². The molecule has 0 aliphatic heterocycles. The van der Waals surface area contributed by atoms with Gasteiger partial charge in [-0.15, -0.1) is 0 Å². The highest BCUT2D eigenvalue weighted by molar-refractivity contribution is 5.84. The predicted octanol–water partition coefficient (Wildman–Crippen LogP) is 0.697. The van der Waals surface area contributed by atoms with Crippen molar-refractivity contribution in [3.63, 3.8) is 0 Å². The normalized spacial score (nSPS) is 9.91. The first kappa shape index (κ1) is 7.81. The Bertz CT molecular complexity index is 254. The molecule has 0 unspecified atom stereocenters. The molecule has 1 aromatic rings. The van der Waals surface area contributed by atoms with E-state index in [4.69, 9.17) is 9.52 Å². The molecule has 0 bridgehead atoms. The van der Waals surface area contributed by atoms with Crippen molar-refractivity contribution in [2.45, 2.75) is 6.54 Å². The van der Waals surface area contributed by atoms with Crippen molar-refractivity contribution in [1.29, 1.82) is 0 Å².